The van der Waals surface area contributed by atoms with Crippen molar-refractivity contribution in [2.75, 3.05) is 45.9 Å². The Labute approximate surface area is 106 Å². The van der Waals surface area contributed by atoms with E-state index in [9.17, 15) is 0 Å². The third-order valence-electron chi connectivity index (χ3n) is 2.28. The van der Waals surface area contributed by atoms with Crippen LogP contribution in [0.5, 0.6) is 0 Å². The highest BCUT2D eigenvalue weighted by Crippen LogP contribution is 2.18. The molecule has 98 valence electrons. The van der Waals surface area contributed by atoms with E-state index >= 15 is 0 Å². The maximum absolute atomic E-state index is 5.30. The normalized spacial score (nSPS) is 11.1. The molecule has 3 N–H and O–H groups in total. The Hall–Kier alpha value is -0.730. The summed E-state index contributed by atoms with van der Waals surface area (Å²) in [5.41, 5.74) is 2.55. The molecule has 0 saturated carbocycles. The van der Waals surface area contributed by atoms with E-state index in [1.165, 1.54) is 4.88 Å². The van der Waals surface area contributed by atoms with Crippen molar-refractivity contribution in [2.45, 2.75) is 6.54 Å². The van der Waals surface area contributed by atoms with E-state index in [1.54, 1.807) is 25.6 Å². The average Bonchev–Trinajstić information content (AvgIpc) is 2.80. The molecule has 0 amide bonds. The van der Waals surface area contributed by atoms with Gasteiger partial charge < -0.3 is 9.47 Å². The molecule has 0 aliphatic rings. The summed E-state index contributed by atoms with van der Waals surface area (Å²) in [6.07, 6.45) is 1.84. The van der Waals surface area contributed by atoms with E-state index in [-0.39, 0.29) is 0 Å². The average molecular weight is 260 g/mol. The summed E-state index contributed by atoms with van der Waals surface area (Å²) in [6.45, 7) is 4.02. The highest BCUT2D eigenvalue weighted by molar-refractivity contribution is 7.15. The minimum Gasteiger partial charge on any atom is -0.383 e. The van der Waals surface area contributed by atoms with Gasteiger partial charge in [0.25, 0.3) is 0 Å². The van der Waals surface area contributed by atoms with Crippen molar-refractivity contribution >= 4 is 16.5 Å². The van der Waals surface area contributed by atoms with E-state index in [2.05, 4.69) is 15.3 Å². The van der Waals surface area contributed by atoms with Gasteiger partial charge >= 0.3 is 0 Å². The lowest BCUT2D eigenvalue weighted by molar-refractivity contribution is 0.111. The fourth-order valence-electron chi connectivity index (χ4n) is 1.38. The zero-order valence-corrected chi connectivity index (χ0v) is 11.1. The SMILES string of the molecule is COCCN(CCOC)Cc1cnc(NN)s1. The summed E-state index contributed by atoms with van der Waals surface area (Å²) < 4.78 is 10.2. The number of methoxy groups -OCH3 is 2. The molecule has 0 spiro atoms. The van der Waals surface area contributed by atoms with Crippen molar-refractivity contribution in [1.82, 2.24) is 9.88 Å². The molecule has 1 aromatic heterocycles. The molecular formula is C10H20N4O2S. The fourth-order valence-corrected chi connectivity index (χ4v) is 2.14. The summed E-state index contributed by atoms with van der Waals surface area (Å²) in [5.74, 6) is 5.30. The van der Waals surface area contributed by atoms with E-state index in [0.29, 0.717) is 13.2 Å². The van der Waals surface area contributed by atoms with Crippen LogP contribution in [0.3, 0.4) is 0 Å². The van der Waals surface area contributed by atoms with Gasteiger partial charge in [0.05, 0.1) is 13.2 Å². The van der Waals surface area contributed by atoms with Gasteiger partial charge in [0, 0.05) is 44.9 Å². The summed E-state index contributed by atoms with van der Waals surface area (Å²) >= 11 is 1.56. The van der Waals surface area contributed by atoms with Crippen LogP contribution in [-0.2, 0) is 16.0 Å². The lowest BCUT2D eigenvalue weighted by Gasteiger charge is -2.20. The van der Waals surface area contributed by atoms with Gasteiger partial charge in [0.15, 0.2) is 5.13 Å². The number of rotatable bonds is 9. The first-order chi connectivity index (χ1) is 8.30. The number of hydrogen-bond donors (Lipinski definition) is 2. The fraction of sp³-hybridized carbons (Fsp3) is 0.700. The Bertz CT molecular complexity index is 300. The Morgan fingerprint density at radius 1 is 1.35 bits per heavy atom. The first-order valence-electron chi connectivity index (χ1n) is 5.41. The number of hydrogen-bond acceptors (Lipinski definition) is 7. The van der Waals surface area contributed by atoms with Crippen LogP contribution < -0.4 is 11.3 Å². The zero-order chi connectivity index (χ0) is 12.5. The number of aromatic nitrogens is 1. The molecule has 1 aromatic rings. The largest absolute Gasteiger partial charge is 0.383 e. The minimum atomic E-state index is 0.713. The predicted molar refractivity (Wildman–Crippen MR) is 69.0 cm³/mol. The van der Waals surface area contributed by atoms with Crippen LogP contribution >= 0.6 is 11.3 Å². The zero-order valence-electron chi connectivity index (χ0n) is 10.3. The second-order valence-electron chi connectivity index (χ2n) is 3.54. The number of nitrogens with two attached hydrogens (primary N) is 1. The van der Waals surface area contributed by atoms with Gasteiger partial charge in [0.2, 0.25) is 0 Å². The van der Waals surface area contributed by atoms with Crippen molar-refractivity contribution in [3.8, 4) is 0 Å². The van der Waals surface area contributed by atoms with Gasteiger partial charge in [-0.05, 0) is 0 Å². The molecule has 0 saturated heterocycles. The standard InChI is InChI=1S/C10H20N4O2S/c1-15-5-3-14(4-6-16-2)8-9-7-12-10(13-11)17-9/h7H,3-6,8,11H2,1-2H3,(H,12,13). The molecular weight excluding hydrogens is 240 g/mol. The molecule has 0 unspecified atom stereocenters. The van der Waals surface area contributed by atoms with Gasteiger partial charge in [-0.2, -0.15) is 0 Å². The lowest BCUT2D eigenvalue weighted by Crippen LogP contribution is -2.29. The number of anilines is 1. The number of nitrogens with one attached hydrogen (secondary N) is 1. The van der Waals surface area contributed by atoms with E-state index in [1.807, 2.05) is 6.20 Å². The third-order valence-corrected chi connectivity index (χ3v) is 3.19. The van der Waals surface area contributed by atoms with Crippen LogP contribution in [0.4, 0.5) is 5.13 Å². The van der Waals surface area contributed by atoms with Gasteiger partial charge in [0.1, 0.15) is 0 Å². The van der Waals surface area contributed by atoms with Crippen molar-refractivity contribution in [3.63, 3.8) is 0 Å². The van der Waals surface area contributed by atoms with Crippen LogP contribution in [0.15, 0.2) is 6.20 Å². The Morgan fingerprint density at radius 2 is 2.00 bits per heavy atom. The quantitative estimate of drug-likeness (QED) is 0.498. The monoisotopic (exact) mass is 260 g/mol. The van der Waals surface area contributed by atoms with Gasteiger partial charge in [-0.1, -0.05) is 11.3 Å². The topological polar surface area (TPSA) is 72.6 Å². The Kier molecular flexibility index (Phi) is 7.06. The molecule has 1 rings (SSSR count). The molecule has 0 bridgehead atoms. The number of thiazole rings is 1. The molecule has 0 aliphatic carbocycles. The number of nitrogens with zero attached hydrogens (tertiary/aromatic N) is 2. The van der Waals surface area contributed by atoms with E-state index in [0.717, 1.165) is 24.8 Å². The van der Waals surface area contributed by atoms with Crippen LogP contribution in [0, 0.1) is 0 Å². The van der Waals surface area contributed by atoms with E-state index < -0.39 is 0 Å². The maximum atomic E-state index is 5.30. The van der Waals surface area contributed by atoms with Gasteiger partial charge in [-0.25, -0.2) is 10.8 Å². The lowest BCUT2D eigenvalue weighted by atomic mass is 10.4. The van der Waals surface area contributed by atoms with Crippen molar-refractivity contribution in [1.29, 1.82) is 0 Å². The molecule has 0 fully saturated rings. The van der Waals surface area contributed by atoms with Crippen LogP contribution in [0.25, 0.3) is 0 Å². The molecule has 7 heteroatoms. The predicted octanol–water partition coefficient (Wildman–Crippen LogP) is 0.523. The van der Waals surface area contributed by atoms with Crippen LogP contribution in [0.2, 0.25) is 0 Å². The molecule has 1 heterocycles. The summed E-state index contributed by atoms with van der Waals surface area (Å²) in [4.78, 5) is 7.58. The molecule has 0 atom stereocenters. The van der Waals surface area contributed by atoms with Crippen molar-refractivity contribution in [3.05, 3.63) is 11.1 Å². The molecule has 0 aliphatic heterocycles. The summed E-state index contributed by atoms with van der Waals surface area (Å²) in [7, 11) is 3.41. The number of hydrazine groups is 1. The highest BCUT2D eigenvalue weighted by Gasteiger charge is 2.08. The maximum Gasteiger partial charge on any atom is 0.197 e. The second kappa shape index (κ2) is 8.37. The van der Waals surface area contributed by atoms with E-state index in [4.69, 9.17) is 15.3 Å². The highest BCUT2D eigenvalue weighted by atomic mass is 32.1. The minimum absolute atomic E-state index is 0.713. The van der Waals surface area contributed by atoms with Gasteiger partial charge in [-0.15, -0.1) is 0 Å². The second-order valence-corrected chi connectivity index (χ2v) is 4.65. The number of ether oxygens (including phenoxy) is 2. The smallest absolute Gasteiger partial charge is 0.197 e. The third kappa shape index (κ3) is 5.42. The molecule has 0 radical (unpaired) electrons. The Balaban J connectivity index is 2.45. The molecule has 6 nitrogen and oxygen atoms in total. The first-order valence-corrected chi connectivity index (χ1v) is 6.23. The van der Waals surface area contributed by atoms with Crippen LogP contribution in [0.1, 0.15) is 4.88 Å². The molecule has 0 aromatic carbocycles. The number of nitrogen functional groups attached to an aromatic ring is 1. The van der Waals surface area contributed by atoms with Crippen LogP contribution in [-0.4, -0.2) is 50.4 Å². The summed E-state index contributed by atoms with van der Waals surface area (Å²) in [6, 6.07) is 0. The van der Waals surface area contributed by atoms with Gasteiger partial charge in [-0.3, -0.25) is 10.3 Å². The van der Waals surface area contributed by atoms with Crippen molar-refractivity contribution < 1.29 is 9.47 Å². The first kappa shape index (κ1) is 14.3. The van der Waals surface area contributed by atoms with Crippen molar-refractivity contribution in [2.24, 2.45) is 5.84 Å². The molecule has 17 heavy (non-hydrogen) atoms. The Morgan fingerprint density at radius 3 is 2.47 bits per heavy atom. The summed E-state index contributed by atoms with van der Waals surface area (Å²) in [5, 5.41) is 0.735.